The lowest BCUT2D eigenvalue weighted by atomic mass is 10.2. The number of hydrogen-bond donors (Lipinski definition) is 0. The highest BCUT2D eigenvalue weighted by Gasteiger charge is 2.24. The first-order chi connectivity index (χ1) is 7.76. The van der Waals surface area contributed by atoms with E-state index in [0.717, 1.165) is 29.7 Å². The van der Waals surface area contributed by atoms with E-state index >= 15 is 0 Å². The highest BCUT2D eigenvalue weighted by Crippen LogP contribution is 2.29. The molecule has 0 saturated carbocycles. The van der Waals surface area contributed by atoms with Crippen molar-refractivity contribution in [3.8, 4) is 6.07 Å². The normalized spacial score (nSPS) is 19.8. The molecular weight excluding hydrogens is 268 g/mol. The van der Waals surface area contributed by atoms with E-state index in [-0.39, 0.29) is 6.10 Å². The molecule has 0 spiro atoms. The molecule has 1 atom stereocenters. The fraction of sp³-hybridized carbons (Fsp3) is 0.417. The van der Waals surface area contributed by atoms with Crippen LogP contribution in [0.15, 0.2) is 22.7 Å². The zero-order valence-electron chi connectivity index (χ0n) is 9.11. The second kappa shape index (κ2) is 4.86. The Kier molecular flexibility index (Phi) is 3.47. The summed E-state index contributed by atoms with van der Waals surface area (Å²) in [6.07, 6.45) is 1.30. The third kappa shape index (κ3) is 2.06. The molecule has 0 N–H and O–H groups in total. The van der Waals surface area contributed by atoms with Gasteiger partial charge in [-0.2, -0.15) is 5.26 Å². The molecular formula is C12H13BrN2O. The van der Waals surface area contributed by atoms with E-state index in [0.29, 0.717) is 5.56 Å². The molecule has 1 unspecified atom stereocenters. The predicted molar refractivity (Wildman–Crippen MR) is 66.5 cm³/mol. The van der Waals surface area contributed by atoms with Crippen molar-refractivity contribution in [1.82, 2.24) is 0 Å². The quantitative estimate of drug-likeness (QED) is 0.835. The molecule has 16 heavy (non-hydrogen) atoms. The Morgan fingerprint density at radius 1 is 1.56 bits per heavy atom. The number of ether oxygens (including phenoxy) is 1. The second-order valence-electron chi connectivity index (χ2n) is 3.84. The van der Waals surface area contributed by atoms with Crippen LogP contribution in [0.4, 0.5) is 5.69 Å². The standard InChI is InChI=1S/C12H13BrN2O/c1-16-9-5-6-15(8-9)12-4-2-3-11(13)10(12)7-14/h2-4,9H,5-6,8H2,1H3. The Morgan fingerprint density at radius 2 is 2.38 bits per heavy atom. The average Bonchev–Trinajstić information content (AvgIpc) is 2.77. The van der Waals surface area contributed by atoms with Crippen molar-refractivity contribution in [3.05, 3.63) is 28.2 Å². The van der Waals surface area contributed by atoms with Crippen LogP contribution in [-0.2, 0) is 4.74 Å². The van der Waals surface area contributed by atoms with E-state index < -0.39 is 0 Å². The van der Waals surface area contributed by atoms with Gasteiger partial charge in [-0.3, -0.25) is 0 Å². The molecule has 0 amide bonds. The summed E-state index contributed by atoms with van der Waals surface area (Å²) in [5.41, 5.74) is 1.70. The zero-order chi connectivity index (χ0) is 11.5. The number of nitriles is 1. The molecule has 1 aromatic carbocycles. The molecule has 0 aliphatic carbocycles. The van der Waals surface area contributed by atoms with Crippen LogP contribution in [0.2, 0.25) is 0 Å². The molecule has 1 aliphatic rings. The molecule has 1 fully saturated rings. The van der Waals surface area contributed by atoms with Gasteiger partial charge in [0.15, 0.2) is 0 Å². The third-order valence-electron chi connectivity index (χ3n) is 2.92. The van der Waals surface area contributed by atoms with Crippen LogP contribution in [0, 0.1) is 11.3 Å². The summed E-state index contributed by atoms with van der Waals surface area (Å²) in [5, 5.41) is 9.14. The van der Waals surface area contributed by atoms with Gasteiger partial charge in [0.25, 0.3) is 0 Å². The van der Waals surface area contributed by atoms with Crippen molar-refractivity contribution in [3.63, 3.8) is 0 Å². The molecule has 1 aliphatic heterocycles. The Morgan fingerprint density at radius 3 is 3.00 bits per heavy atom. The van der Waals surface area contributed by atoms with Crippen LogP contribution in [-0.4, -0.2) is 26.3 Å². The molecule has 1 saturated heterocycles. The number of nitrogens with zero attached hydrogens (tertiary/aromatic N) is 2. The van der Waals surface area contributed by atoms with Crippen molar-refractivity contribution in [1.29, 1.82) is 5.26 Å². The predicted octanol–water partition coefficient (Wildman–Crippen LogP) is 2.55. The van der Waals surface area contributed by atoms with Crippen molar-refractivity contribution in [2.45, 2.75) is 12.5 Å². The molecule has 2 rings (SSSR count). The Hall–Kier alpha value is -1.05. The van der Waals surface area contributed by atoms with Gasteiger partial charge in [-0.25, -0.2) is 0 Å². The van der Waals surface area contributed by atoms with Crippen LogP contribution in [0.5, 0.6) is 0 Å². The average molecular weight is 281 g/mol. The first-order valence-corrected chi connectivity index (χ1v) is 6.02. The van der Waals surface area contributed by atoms with Gasteiger partial charge in [0.1, 0.15) is 6.07 Å². The Labute approximate surface area is 104 Å². The van der Waals surface area contributed by atoms with Crippen LogP contribution in [0.25, 0.3) is 0 Å². The smallest absolute Gasteiger partial charge is 0.103 e. The highest BCUT2D eigenvalue weighted by molar-refractivity contribution is 9.10. The fourth-order valence-electron chi connectivity index (χ4n) is 2.03. The van der Waals surface area contributed by atoms with Crippen LogP contribution in [0.1, 0.15) is 12.0 Å². The van der Waals surface area contributed by atoms with Gasteiger partial charge in [-0.1, -0.05) is 6.07 Å². The van der Waals surface area contributed by atoms with Gasteiger partial charge in [0, 0.05) is 24.7 Å². The Balaban J connectivity index is 2.28. The van der Waals surface area contributed by atoms with E-state index in [2.05, 4.69) is 26.9 Å². The first kappa shape index (κ1) is 11.4. The van der Waals surface area contributed by atoms with Crippen molar-refractivity contribution in [2.75, 3.05) is 25.1 Å². The second-order valence-corrected chi connectivity index (χ2v) is 4.69. The number of rotatable bonds is 2. The first-order valence-electron chi connectivity index (χ1n) is 5.22. The van der Waals surface area contributed by atoms with E-state index in [9.17, 15) is 0 Å². The summed E-state index contributed by atoms with van der Waals surface area (Å²) in [6.45, 7) is 1.81. The number of anilines is 1. The van der Waals surface area contributed by atoms with Crippen LogP contribution in [0.3, 0.4) is 0 Å². The van der Waals surface area contributed by atoms with E-state index in [1.165, 1.54) is 0 Å². The largest absolute Gasteiger partial charge is 0.380 e. The maximum absolute atomic E-state index is 9.14. The lowest BCUT2D eigenvalue weighted by molar-refractivity contribution is 0.121. The van der Waals surface area contributed by atoms with Crippen molar-refractivity contribution < 1.29 is 4.74 Å². The summed E-state index contributed by atoms with van der Waals surface area (Å²) in [5.74, 6) is 0. The fourth-order valence-corrected chi connectivity index (χ4v) is 2.47. The minimum atomic E-state index is 0.283. The zero-order valence-corrected chi connectivity index (χ0v) is 10.7. The Bertz CT molecular complexity index is 428. The molecule has 0 radical (unpaired) electrons. The number of hydrogen-bond acceptors (Lipinski definition) is 3. The van der Waals surface area contributed by atoms with Crippen LogP contribution < -0.4 is 4.90 Å². The summed E-state index contributed by atoms with van der Waals surface area (Å²) < 4.78 is 6.19. The van der Waals surface area contributed by atoms with Gasteiger partial charge in [0.2, 0.25) is 0 Å². The molecule has 1 heterocycles. The van der Waals surface area contributed by atoms with Gasteiger partial charge in [-0.05, 0) is 34.5 Å². The van der Waals surface area contributed by atoms with Crippen molar-refractivity contribution >= 4 is 21.6 Å². The summed E-state index contributed by atoms with van der Waals surface area (Å²) >= 11 is 3.41. The lowest BCUT2D eigenvalue weighted by Gasteiger charge is -2.20. The lowest BCUT2D eigenvalue weighted by Crippen LogP contribution is -2.23. The minimum absolute atomic E-state index is 0.283. The third-order valence-corrected chi connectivity index (χ3v) is 3.58. The number of benzene rings is 1. The SMILES string of the molecule is COC1CCN(c2cccc(Br)c2C#N)C1. The highest BCUT2D eigenvalue weighted by atomic mass is 79.9. The van der Waals surface area contributed by atoms with E-state index in [1.807, 2.05) is 18.2 Å². The molecule has 0 aromatic heterocycles. The maximum atomic E-state index is 9.14. The number of halogens is 1. The van der Waals surface area contributed by atoms with E-state index in [4.69, 9.17) is 10.00 Å². The van der Waals surface area contributed by atoms with Gasteiger partial charge >= 0.3 is 0 Å². The van der Waals surface area contributed by atoms with Crippen molar-refractivity contribution in [2.24, 2.45) is 0 Å². The number of methoxy groups -OCH3 is 1. The monoisotopic (exact) mass is 280 g/mol. The molecule has 4 heteroatoms. The van der Waals surface area contributed by atoms with Gasteiger partial charge in [0.05, 0.1) is 17.4 Å². The topological polar surface area (TPSA) is 36.3 Å². The molecule has 84 valence electrons. The summed E-state index contributed by atoms with van der Waals surface area (Å²) in [7, 11) is 1.74. The minimum Gasteiger partial charge on any atom is -0.380 e. The van der Waals surface area contributed by atoms with Gasteiger partial charge in [-0.15, -0.1) is 0 Å². The van der Waals surface area contributed by atoms with Crippen LogP contribution >= 0.6 is 15.9 Å². The maximum Gasteiger partial charge on any atom is 0.103 e. The molecule has 3 nitrogen and oxygen atoms in total. The molecule has 1 aromatic rings. The molecule has 0 bridgehead atoms. The summed E-state index contributed by atoms with van der Waals surface area (Å²) in [4.78, 5) is 2.21. The van der Waals surface area contributed by atoms with Gasteiger partial charge < -0.3 is 9.64 Å². The summed E-state index contributed by atoms with van der Waals surface area (Å²) in [6, 6.07) is 8.09. The van der Waals surface area contributed by atoms with E-state index in [1.54, 1.807) is 7.11 Å².